The standard InChI is InChI=1S/C13H15N3O5/c1-21-11-3-2-9(8-10(11)16(19)20)13(18)15-6-4-12(17)14-5-7-15/h2-3,8H,4-7H2,1H3,(H,14,17). The van der Waals surface area contributed by atoms with E-state index in [1.54, 1.807) is 0 Å². The van der Waals surface area contributed by atoms with Gasteiger partial charge in [-0.1, -0.05) is 0 Å². The van der Waals surface area contributed by atoms with Crippen LogP contribution in [0.25, 0.3) is 0 Å². The molecule has 112 valence electrons. The summed E-state index contributed by atoms with van der Waals surface area (Å²) in [6.07, 6.45) is 0.226. The third kappa shape index (κ3) is 3.28. The van der Waals surface area contributed by atoms with Crippen molar-refractivity contribution in [3.63, 3.8) is 0 Å². The Morgan fingerprint density at radius 2 is 2.19 bits per heavy atom. The number of carbonyl (C=O) groups is 2. The number of amides is 2. The topological polar surface area (TPSA) is 102 Å². The number of benzene rings is 1. The maximum Gasteiger partial charge on any atom is 0.311 e. The van der Waals surface area contributed by atoms with Crippen LogP contribution in [0.1, 0.15) is 16.8 Å². The van der Waals surface area contributed by atoms with E-state index in [-0.39, 0.29) is 35.2 Å². The number of ether oxygens (including phenoxy) is 1. The molecule has 1 aliphatic rings. The average Bonchev–Trinajstić information content (AvgIpc) is 2.70. The highest BCUT2D eigenvalue weighted by molar-refractivity contribution is 5.95. The van der Waals surface area contributed by atoms with Gasteiger partial charge in [-0.2, -0.15) is 0 Å². The molecular formula is C13H15N3O5. The summed E-state index contributed by atoms with van der Waals surface area (Å²) in [5.74, 6) is -0.340. The van der Waals surface area contributed by atoms with E-state index in [4.69, 9.17) is 4.74 Å². The first-order chi connectivity index (χ1) is 10.0. The number of nitro benzene ring substituents is 1. The van der Waals surface area contributed by atoms with Crippen LogP contribution in [0.3, 0.4) is 0 Å². The smallest absolute Gasteiger partial charge is 0.311 e. The van der Waals surface area contributed by atoms with Crippen LogP contribution in [-0.2, 0) is 4.79 Å². The van der Waals surface area contributed by atoms with Crippen molar-refractivity contribution < 1.29 is 19.2 Å². The van der Waals surface area contributed by atoms with Crippen LogP contribution in [0.5, 0.6) is 5.75 Å². The highest BCUT2D eigenvalue weighted by Gasteiger charge is 2.23. The molecule has 8 heteroatoms. The van der Waals surface area contributed by atoms with Gasteiger partial charge < -0.3 is 15.0 Å². The molecule has 0 saturated carbocycles. The van der Waals surface area contributed by atoms with Crippen LogP contribution in [0.15, 0.2) is 18.2 Å². The zero-order valence-electron chi connectivity index (χ0n) is 11.5. The van der Waals surface area contributed by atoms with Crippen molar-refractivity contribution in [2.24, 2.45) is 0 Å². The van der Waals surface area contributed by atoms with Gasteiger partial charge in [0.1, 0.15) is 0 Å². The van der Waals surface area contributed by atoms with Crippen molar-refractivity contribution in [1.29, 1.82) is 0 Å². The van der Waals surface area contributed by atoms with E-state index in [9.17, 15) is 19.7 Å². The van der Waals surface area contributed by atoms with Gasteiger partial charge in [-0.15, -0.1) is 0 Å². The van der Waals surface area contributed by atoms with Gasteiger partial charge in [0.15, 0.2) is 5.75 Å². The lowest BCUT2D eigenvalue weighted by Gasteiger charge is -2.19. The summed E-state index contributed by atoms with van der Waals surface area (Å²) >= 11 is 0. The summed E-state index contributed by atoms with van der Waals surface area (Å²) in [6.45, 7) is 1.05. The van der Waals surface area contributed by atoms with E-state index in [1.807, 2.05) is 0 Å². The molecule has 1 aliphatic heterocycles. The second-order valence-corrected chi connectivity index (χ2v) is 4.54. The van der Waals surface area contributed by atoms with Crippen molar-refractivity contribution in [2.45, 2.75) is 6.42 Å². The fraction of sp³-hybridized carbons (Fsp3) is 0.385. The van der Waals surface area contributed by atoms with E-state index in [1.165, 1.54) is 30.2 Å². The first-order valence-electron chi connectivity index (χ1n) is 6.41. The predicted molar refractivity (Wildman–Crippen MR) is 73.2 cm³/mol. The van der Waals surface area contributed by atoms with E-state index in [0.29, 0.717) is 19.6 Å². The monoisotopic (exact) mass is 293 g/mol. The minimum atomic E-state index is -0.594. The van der Waals surface area contributed by atoms with Crippen molar-refractivity contribution in [2.75, 3.05) is 26.7 Å². The van der Waals surface area contributed by atoms with Gasteiger partial charge in [-0.05, 0) is 12.1 Å². The summed E-state index contributed by atoms with van der Waals surface area (Å²) in [5.41, 5.74) is -0.0516. The lowest BCUT2D eigenvalue weighted by Crippen LogP contribution is -2.34. The second-order valence-electron chi connectivity index (χ2n) is 4.54. The molecule has 1 saturated heterocycles. The summed E-state index contributed by atoms with van der Waals surface area (Å²) in [7, 11) is 1.33. The molecule has 1 aromatic carbocycles. The predicted octanol–water partition coefficient (Wildman–Crippen LogP) is 0.565. The van der Waals surface area contributed by atoms with E-state index < -0.39 is 4.92 Å². The van der Waals surface area contributed by atoms with Crippen LogP contribution < -0.4 is 10.1 Å². The van der Waals surface area contributed by atoms with Gasteiger partial charge >= 0.3 is 5.69 Å². The molecule has 21 heavy (non-hydrogen) atoms. The molecule has 1 aromatic rings. The normalized spacial score (nSPS) is 15.1. The average molecular weight is 293 g/mol. The molecule has 0 aromatic heterocycles. The Hall–Kier alpha value is -2.64. The summed E-state index contributed by atoms with van der Waals surface area (Å²) in [5, 5.41) is 13.6. The van der Waals surface area contributed by atoms with Gasteiger partial charge in [0, 0.05) is 37.7 Å². The zero-order valence-corrected chi connectivity index (χ0v) is 11.5. The van der Waals surface area contributed by atoms with Gasteiger partial charge in [0.25, 0.3) is 5.91 Å². The fourth-order valence-corrected chi connectivity index (χ4v) is 2.12. The van der Waals surface area contributed by atoms with Gasteiger partial charge in [0.2, 0.25) is 5.91 Å². The number of nitro groups is 1. The van der Waals surface area contributed by atoms with Gasteiger partial charge in [-0.25, -0.2) is 0 Å². The molecule has 8 nitrogen and oxygen atoms in total. The van der Waals surface area contributed by atoms with E-state index in [0.717, 1.165) is 0 Å². The van der Waals surface area contributed by atoms with Crippen LogP contribution >= 0.6 is 0 Å². The number of nitrogens with one attached hydrogen (secondary N) is 1. The molecule has 0 spiro atoms. The lowest BCUT2D eigenvalue weighted by molar-refractivity contribution is -0.385. The van der Waals surface area contributed by atoms with Crippen molar-refractivity contribution >= 4 is 17.5 Å². The fourth-order valence-electron chi connectivity index (χ4n) is 2.12. The molecule has 0 radical (unpaired) electrons. The Morgan fingerprint density at radius 1 is 1.43 bits per heavy atom. The molecule has 2 rings (SSSR count). The minimum absolute atomic E-state index is 0.101. The number of methoxy groups -OCH3 is 1. The van der Waals surface area contributed by atoms with Crippen molar-refractivity contribution in [3.05, 3.63) is 33.9 Å². The number of nitrogens with zero attached hydrogens (tertiary/aromatic N) is 2. The van der Waals surface area contributed by atoms with Crippen LogP contribution in [0.2, 0.25) is 0 Å². The van der Waals surface area contributed by atoms with Crippen molar-refractivity contribution in [1.82, 2.24) is 10.2 Å². The largest absolute Gasteiger partial charge is 0.490 e. The number of hydrogen-bond acceptors (Lipinski definition) is 5. The first kappa shape index (κ1) is 14.8. The summed E-state index contributed by atoms with van der Waals surface area (Å²) in [4.78, 5) is 35.5. The maximum atomic E-state index is 12.4. The number of hydrogen-bond donors (Lipinski definition) is 1. The molecule has 0 aliphatic carbocycles. The highest BCUT2D eigenvalue weighted by atomic mass is 16.6. The Labute approximate surface area is 120 Å². The van der Waals surface area contributed by atoms with E-state index in [2.05, 4.69) is 5.32 Å². The molecule has 2 amide bonds. The van der Waals surface area contributed by atoms with Gasteiger partial charge in [0.05, 0.1) is 12.0 Å². The Morgan fingerprint density at radius 3 is 2.86 bits per heavy atom. The summed E-state index contributed by atoms with van der Waals surface area (Å²) < 4.78 is 4.90. The number of carbonyl (C=O) groups excluding carboxylic acids is 2. The molecule has 1 N–H and O–H groups in total. The van der Waals surface area contributed by atoms with Crippen molar-refractivity contribution in [3.8, 4) is 5.75 Å². The summed E-state index contributed by atoms with van der Waals surface area (Å²) in [6, 6.07) is 4.07. The Kier molecular flexibility index (Phi) is 4.36. The van der Waals surface area contributed by atoms with Crippen LogP contribution in [-0.4, -0.2) is 48.4 Å². The molecule has 0 bridgehead atoms. The second kappa shape index (κ2) is 6.21. The molecular weight excluding hydrogens is 278 g/mol. The van der Waals surface area contributed by atoms with Gasteiger partial charge in [-0.3, -0.25) is 19.7 Å². The highest BCUT2D eigenvalue weighted by Crippen LogP contribution is 2.28. The molecule has 0 unspecified atom stereocenters. The molecule has 0 atom stereocenters. The third-order valence-corrected chi connectivity index (χ3v) is 3.22. The van der Waals surface area contributed by atoms with Crippen LogP contribution in [0.4, 0.5) is 5.69 Å². The number of rotatable bonds is 3. The SMILES string of the molecule is COc1ccc(C(=O)N2CCNC(=O)CC2)cc1[N+](=O)[O-]. The van der Waals surface area contributed by atoms with Crippen LogP contribution in [0, 0.1) is 10.1 Å². The lowest BCUT2D eigenvalue weighted by atomic mass is 10.1. The Balaban J connectivity index is 2.24. The quantitative estimate of drug-likeness (QED) is 0.648. The van der Waals surface area contributed by atoms with E-state index >= 15 is 0 Å². The Bertz CT molecular complexity index is 587. The third-order valence-electron chi connectivity index (χ3n) is 3.22. The maximum absolute atomic E-state index is 12.4. The zero-order chi connectivity index (χ0) is 15.4. The minimum Gasteiger partial charge on any atom is -0.490 e. The molecule has 1 fully saturated rings. The first-order valence-corrected chi connectivity index (χ1v) is 6.41. The molecule has 1 heterocycles.